The first-order valence-electron chi connectivity index (χ1n) is 16.6. The second-order valence-corrected chi connectivity index (χ2v) is 11.6. The SMILES string of the molecule is CCOc1ccccc1CCNNC(=O)[C@@]1(Cc2ccccc2CN=[N+]=[N-])N=C(c2ccc(OCCCO)cc2)O[C@H]1c1cccc(OC)c1. The van der Waals surface area contributed by atoms with Crippen molar-refractivity contribution in [1.82, 2.24) is 10.9 Å². The molecule has 0 radical (unpaired) electrons. The van der Waals surface area contributed by atoms with E-state index in [9.17, 15) is 4.79 Å². The van der Waals surface area contributed by atoms with E-state index in [1.165, 1.54) is 0 Å². The van der Waals surface area contributed by atoms with Crippen molar-refractivity contribution >= 4 is 11.8 Å². The number of azide groups is 1. The summed E-state index contributed by atoms with van der Waals surface area (Å²) in [7, 11) is 1.58. The number of nitrogens with zero attached hydrogens (tertiary/aromatic N) is 4. The van der Waals surface area contributed by atoms with Gasteiger partial charge in [0.25, 0.3) is 5.91 Å². The molecular weight excluding hydrogens is 636 g/mol. The molecule has 50 heavy (non-hydrogen) atoms. The minimum Gasteiger partial charge on any atom is -0.497 e. The normalized spacial score (nSPS) is 16.5. The summed E-state index contributed by atoms with van der Waals surface area (Å²) < 4.78 is 23.7. The third kappa shape index (κ3) is 8.72. The van der Waals surface area contributed by atoms with Crippen LogP contribution in [0.5, 0.6) is 17.2 Å². The molecule has 4 aromatic carbocycles. The van der Waals surface area contributed by atoms with E-state index in [1.807, 2.05) is 91.9 Å². The second-order valence-electron chi connectivity index (χ2n) is 11.6. The lowest BCUT2D eigenvalue weighted by Crippen LogP contribution is -2.54. The smallest absolute Gasteiger partial charge is 0.266 e. The molecule has 0 aromatic heterocycles. The largest absolute Gasteiger partial charge is 0.497 e. The van der Waals surface area contributed by atoms with E-state index in [-0.39, 0.29) is 25.5 Å². The van der Waals surface area contributed by atoms with Crippen molar-refractivity contribution in [3.05, 3.63) is 135 Å². The van der Waals surface area contributed by atoms with Gasteiger partial charge in [0.1, 0.15) is 17.2 Å². The number of carbonyl (C=O) groups excluding carboxylic acids is 1. The maximum absolute atomic E-state index is 14.7. The lowest BCUT2D eigenvalue weighted by atomic mass is 9.81. The summed E-state index contributed by atoms with van der Waals surface area (Å²) in [6.45, 7) is 3.46. The Labute approximate surface area is 291 Å². The summed E-state index contributed by atoms with van der Waals surface area (Å²) in [5.41, 5.74) is 17.6. The van der Waals surface area contributed by atoms with Crippen LogP contribution in [0.1, 0.15) is 47.3 Å². The molecule has 0 spiro atoms. The Morgan fingerprint density at radius 1 is 0.980 bits per heavy atom. The molecule has 12 heteroatoms. The Balaban J connectivity index is 1.52. The summed E-state index contributed by atoms with van der Waals surface area (Å²) in [6.07, 6.45) is 0.403. The number of para-hydroxylation sites is 1. The molecule has 0 saturated carbocycles. The molecule has 260 valence electrons. The maximum atomic E-state index is 14.7. The zero-order valence-electron chi connectivity index (χ0n) is 28.2. The molecule has 1 amide bonds. The number of ether oxygens (including phenoxy) is 4. The Kier molecular flexibility index (Phi) is 12.7. The zero-order valence-corrected chi connectivity index (χ0v) is 28.2. The highest BCUT2D eigenvalue weighted by molar-refractivity contribution is 6.01. The van der Waals surface area contributed by atoms with Crippen LogP contribution in [0, 0.1) is 0 Å². The van der Waals surface area contributed by atoms with E-state index in [0.717, 1.165) is 22.4 Å². The first-order valence-corrected chi connectivity index (χ1v) is 16.6. The van der Waals surface area contributed by atoms with Crippen molar-refractivity contribution in [3.63, 3.8) is 0 Å². The number of carbonyl (C=O) groups is 1. The minimum absolute atomic E-state index is 0.0416. The molecule has 1 aliphatic heterocycles. The fourth-order valence-electron chi connectivity index (χ4n) is 5.82. The van der Waals surface area contributed by atoms with E-state index >= 15 is 0 Å². The summed E-state index contributed by atoms with van der Waals surface area (Å²) in [5.74, 6) is 1.93. The number of benzene rings is 4. The van der Waals surface area contributed by atoms with Crippen molar-refractivity contribution < 1.29 is 28.8 Å². The van der Waals surface area contributed by atoms with E-state index in [4.69, 9.17) is 34.6 Å². The molecule has 12 nitrogen and oxygen atoms in total. The number of nitrogens with one attached hydrogen (secondary N) is 2. The van der Waals surface area contributed by atoms with E-state index in [1.54, 1.807) is 19.2 Å². The number of amides is 1. The quantitative estimate of drug-likeness (QED) is 0.0381. The van der Waals surface area contributed by atoms with Gasteiger partial charge in [-0.25, -0.2) is 10.4 Å². The maximum Gasteiger partial charge on any atom is 0.266 e. The first kappa shape index (κ1) is 35.7. The Hall–Kier alpha value is -5.55. The van der Waals surface area contributed by atoms with Crippen molar-refractivity contribution in [2.45, 2.75) is 44.4 Å². The van der Waals surface area contributed by atoms with Crippen LogP contribution in [0.2, 0.25) is 0 Å². The van der Waals surface area contributed by atoms with Gasteiger partial charge < -0.3 is 24.1 Å². The Morgan fingerprint density at radius 3 is 2.48 bits per heavy atom. The lowest BCUT2D eigenvalue weighted by Gasteiger charge is -2.31. The number of aliphatic hydroxyl groups is 1. The fraction of sp³-hybridized carbons (Fsp3) is 0.316. The molecule has 1 heterocycles. The number of rotatable bonds is 18. The number of hydrogen-bond donors (Lipinski definition) is 3. The fourth-order valence-corrected chi connectivity index (χ4v) is 5.82. The highest BCUT2D eigenvalue weighted by Crippen LogP contribution is 2.43. The minimum atomic E-state index is -1.50. The van der Waals surface area contributed by atoms with Gasteiger partial charge in [-0.1, -0.05) is 59.7 Å². The molecule has 3 N–H and O–H groups in total. The van der Waals surface area contributed by atoms with Crippen molar-refractivity contribution in [1.29, 1.82) is 0 Å². The van der Waals surface area contributed by atoms with Gasteiger partial charge in [-0.3, -0.25) is 10.2 Å². The summed E-state index contributed by atoms with van der Waals surface area (Å²) >= 11 is 0. The van der Waals surface area contributed by atoms with Gasteiger partial charge in [-0.15, -0.1) is 0 Å². The molecule has 0 saturated heterocycles. The van der Waals surface area contributed by atoms with Gasteiger partial charge in [0.15, 0.2) is 11.6 Å². The zero-order chi connectivity index (χ0) is 35.2. The van der Waals surface area contributed by atoms with Gasteiger partial charge in [-0.05, 0) is 83.6 Å². The predicted molar refractivity (Wildman–Crippen MR) is 190 cm³/mol. The number of hydrazine groups is 1. The topological polar surface area (TPSA) is 159 Å². The molecule has 5 rings (SSSR count). The first-order chi connectivity index (χ1) is 24.5. The van der Waals surface area contributed by atoms with Crippen LogP contribution < -0.4 is 25.1 Å². The van der Waals surface area contributed by atoms with Crippen LogP contribution in [0.25, 0.3) is 10.4 Å². The van der Waals surface area contributed by atoms with Crippen LogP contribution in [0.4, 0.5) is 0 Å². The van der Waals surface area contributed by atoms with E-state index in [0.29, 0.717) is 55.2 Å². The van der Waals surface area contributed by atoms with Crippen LogP contribution in [-0.4, -0.2) is 55.9 Å². The predicted octanol–water partition coefficient (Wildman–Crippen LogP) is 6.03. The molecule has 1 aliphatic rings. The summed E-state index contributed by atoms with van der Waals surface area (Å²) in [6, 6.07) is 30.0. The van der Waals surface area contributed by atoms with Crippen LogP contribution >= 0.6 is 0 Å². The van der Waals surface area contributed by atoms with E-state index < -0.39 is 17.6 Å². The van der Waals surface area contributed by atoms with Gasteiger partial charge in [0, 0.05) is 36.5 Å². The summed E-state index contributed by atoms with van der Waals surface area (Å²) in [4.78, 5) is 22.7. The molecule has 0 aliphatic carbocycles. The van der Waals surface area contributed by atoms with Crippen molar-refractivity contribution in [2.24, 2.45) is 10.1 Å². The summed E-state index contributed by atoms with van der Waals surface area (Å²) in [5, 5.41) is 12.9. The van der Waals surface area contributed by atoms with Crippen molar-refractivity contribution in [3.8, 4) is 17.2 Å². The van der Waals surface area contributed by atoms with Gasteiger partial charge >= 0.3 is 0 Å². The second kappa shape index (κ2) is 17.7. The third-order valence-electron chi connectivity index (χ3n) is 8.30. The highest BCUT2D eigenvalue weighted by Gasteiger charge is 2.53. The molecule has 2 atom stereocenters. The average Bonchev–Trinajstić information content (AvgIpc) is 3.54. The molecule has 4 aromatic rings. The molecule has 0 unspecified atom stereocenters. The Bertz CT molecular complexity index is 1810. The third-order valence-corrected chi connectivity index (χ3v) is 8.30. The number of methoxy groups -OCH3 is 1. The van der Waals surface area contributed by atoms with Crippen LogP contribution in [-0.2, 0) is 28.9 Å². The molecule has 0 bridgehead atoms. The average molecular weight is 679 g/mol. The monoisotopic (exact) mass is 678 g/mol. The van der Waals surface area contributed by atoms with Gasteiger partial charge in [0.2, 0.25) is 5.90 Å². The van der Waals surface area contributed by atoms with E-state index in [2.05, 4.69) is 20.9 Å². The Morgan fingerprint density at radius 2 is 1.74 bits per heavy atom. The molecule has 0 fully saturated rings. The van der Waals surface area contributed by atoms with Gasteiger partial charge in [-0.2, -0.15) is 0 Å². The molecular formula is C38H42N6O6. The van der Waals surface area contributed by atoms with Crippen molar-refractivity contribution in [2.75, 3.05) is 33.5 Å². The lowest BCUT2D eigenvalue weighted by molar-refractivity contribution is -0.130. The number of aliphatic imine (C=N–C) groups is 1. The number of aliphatic hydroxyl groups excluding tert-OH is 1. The van der Waals surface area contributed by atoms with Gasteiger partial charge in [0.05, 0.1) is 26.9 Å². The highest BCUT2D eigenvalue weighted by atomic mass is 16.5. The standard InChI is InChI=1S/C38H42N6O6/c1-3-48-34-15-7-6-10-27(34)20-21-40-43-37(46)38(25-30-11-4-5-12-31(30)26-41-44-39)35(29-13-8-14-33(24-29)47-2)50-36(42-38)28-16-18-32(19-17-28)49-23-9-22-45/h4-8,10-19,24,35,40,45H,3,9,20-23,25-26H2,1-2H3,(H,43,46)/t35-,38-/m0/s1. The number of hydrogen-bond acceptors (Lipinski definition) is 9. The van der Waals surface area contributed by atoms with Crippen LogP contribution in [0.15, 0.2) is 107 Å². The van der Waals surface area contributed by atoms with Crippen LogP contribution in [0.3, 0.4) is 0 Å².